The van der Waals surface area contributed by atoms with Crippen LogP contribution in [0.3, 0.4) is 0 Å². The summed E-state index contributed by atoms with van der Waals surface area (Å²) in [6.07, 6.45) is -1.29. The lowest BCUT2D eigenvalue weighted by atomic mass is 10.2. The average molecular weight is 325 g/mol. The molecule has 11 nitrogen and oxygen atoms in total. The van der Waals surface area contributed by atoms with E-state index < -0.39 is 38.9 Å². The molecule has 0 aliphatic carbocycles. The van der Waals surface area contributed by atoms with Gasteiger partial charge in [-0.25, -0.2) is 9.36 Å². The molecule has 0 saturated carbocycles. The van der Waals surface area contributed by atoms with Gasteiger partial charge in [0.2, 0.25) is 0 Å². The number of carbonyl (C=O) groups excluding carboxylic acids is 1. The van der Waals surface area contributed by atoms with Crippen molar-refractivity contribution in [3.05, 3.63) is 11.9 Å². The van der Waals surface area contributed by atoms with Crippen LogP contribution in [0.1, 0.15) is 6.42 Å². The molecular formula is C9H16N3O8P. The summed E-state index contributed by atoms with van der Waals surface area (Å²) in [6, 6.07) is -0.936. The van der Waals surface area contributed by atoms with Crippen LogP contribution in [0.5, 0.6) is 0 Å². The lowest BCUT2D eigenvalue weighted by Gasteiger charge is -2.35. The summed E-state index contributed by atoms with van der Waals surface area (Å²) in [6.45, 7) is -0.401. The van der Waals surface area contributed by atoms with Crippen LogP contribution in [0.25, 0.3) is 0 Å². The van der Waals surface area contributed by atoms with Gasteiger partial charge in [-0.2, -0.15) is 4.62 Å². The highest BCUT2D eigenvalue weighted by molar-refractivity contribution is 7.46. The smallest absolute Gasteiger partial charge is 0.394 e. The molecule has 2 amide bonds. The molecule has 6 N–H and O–H groups in total. The van der Waals surface area contributed by atoms with E-state index in [1.165, 1.54) is 6.08 Å². The first-order valence-corrected chi connectivity index (χ1v) is 7.52. The zero-order chi connectivity index (χ0) is 15.8. The fourth-order valence-electron chi connectivity index (χ4n) is 2.08. The molecule has 0 aromatic heterocycles. The molecule has 0 radical (unpaired) electrons. The summed E-state index contributed by atoms with van der Waals surface area (Å²) >= 11 is 0. The Morgan fingerprint density at radius 3 is 2.71 bits per heavy atom. The average Bonchev–Trinajstić information content (AvgIpc) is 2.74. The summed E-state index contributed by atoms with van der Waals surface area (Å²) in [4.78, 5) is 30.8. The Balaban J connectivity index is 2.13. The molecule has 0 bridgehead atoms. The molecule has 3 atom stereocenters. The maximum Gasteiger partial charge on any atom is 0.491 e. The summed E-state index contributed by atoms with van der Waals surface area (Å²) in [5, 5.41) is 18.9. The number of ether oxygens (including phenoxy) is 1. The van der Waals surface area contributed by atoms with Gasteiger partial charge in [-0.3, -0.25) is 4.90 Å². The van der Waals surface area contributed by atoms with E-state index in [4.69, 9.17) is 25.4 Å². The number of amides is 2. The third-order valence-corrected chi connectivity index (χ3v) is 3.45. The maximum atomic E-state index is 12.1. The number of rotatable bonds is 4. The molecule has 2 heterocycles. The Bertz CT molecular complexity index is 493. The Kier molecular flexibility index (Phi) is 4.54. The third-order valence-electron chi connectivity index (χ3n) is 3.07. The molecule has 2 aliphatic heterocycles. The molecule has 120 valence electrons. The molecule has 0 spiro atoms. The van der Waals surface area contributed by atoms with Crippen LogP contribution in [0.4, 0.5) is 4.79 Å². The minimum Gasteiger partial charge on any atom is -0.394 e. The number of hydroxylamine groups is 2. The van der Waals surface area contributed by atoms with Crippen LogP contribution in [0, 0.1) is 0 Å². The van der Waals surface area contributed by atoms with E-state index in [0.29, 0.717) is 0 Å². The number of aliphatic hydroxyl groups is 2. The van der Waals surface area contributed by atoms with E-state index in [0.717, 1.165) is 4.90 Å². The van der Waals surface area contributed by atoms with E-state index in [1.54, 1.807) is 0 Å². The van der Waals surface area contributed by atoms with Gasteiger partial charge in [-0.1, -0.05) is 0 Å². The van der Waals surface area contributed by atoms with Crippen LogP contribution >= 0.6 is 7.82 Å². The predicted molar refractivity (Wildman–Crippen MR) is 65.7 cm³/mol. The van der Waals surface area contributed by atoms with Crippen molar-refractivity contribution < 1.29 is 38.7 Å². The quantitative estimate of drug-likeness (QED) is 0.368. The first-order chi connectivity index (χ1) is 9.73. The Labute approximate surface area is 119 Å². The molecule has 2 rings (SSSR count). The number of phosphoric acid groups is 1. The maximum absolute atomic E-state index is 12.1. The minimum absolute atomic E-state index is 0.0151. The lowest BCUT2D eigenvalue weighted by Crippen LogP contribution is -2.52. The zero-order valence-corrected chi connectivity index (χ0v) is 11.7. The molecule has 2 aliphatic rings. The van der Waals surface area contributed by atoms with Gasteiger partial charge in [0.1, 0.15) is 18.2 Å². The van der Waals surface area contributed by atoms with E-state index in [1.807, 2.05) is 0 Å². The van der Waals surface area contributed by atoms with Gasteiger partial charge in [0.15, 0.2) is 0 Å². The molecule has 21 heavy (non-hydrogen) atoms. The standard InChI is InChI=1S/C9H16N3O8P/c10-7-1-2-11(8-3-5(14)6(4-13)19-8)9(15)12(7)20-21(16,17)18/h1,5-6,8,13-14H,2-4,10H2,(H2,16,17,18)/t5-,6+,8+/m0/s1. The first kappa shape index (κ1) is 16.2. The number of hydrogen-bond donors (Lipinski definition) is 5. The Morgan fingerprint density at radius 1 is 1.52 bits per heavy atom. The summed E-state index contributed by atoms with van der Waals surface area (Å²) in [7, 11) is -4.97. The molecule has 0 unspecified atom stereocenters. The zero-order valence-electron chi connectivity index (χ0n) is 10.8. The molecule has 12 heteroatoms. The highest BCUT2D eigenvalue weighted by atomic mass is 31.2. The third kappa shape index (κ3) is 3.52. The number of aliphatic hydroxyl groups excluding tert-OH is 2. The highest BCUT2D eigenvalue weighted by Gasteiger charge is 2.42. The van der Waals surface area contributed by atoms with Gasteiger partial charge >= 0.3 is 13.9 Å². The molecule has 1 fully saturated rings. The minimum atomic E-state index is -4.97. The van der Waals surface area contributed by atoms with Gasteiger partial charge in [-0.15, -0.1) is 5.06 Å². The van der Waals surface area contributed by atoms with Gasteiger partial charge in [-0.05, 0) is 6.08 Å². The fourth-order valence-corrected chi connectivity index (χ4v) is 2.46. The predicted octanol–water partition coefficient (Wildman–Crippen LogP) is -1.98. The van der Waals surface area contributed by atoms with Crippen molar-refractivity contribution in [2.45, 2.75) is 24.9 Å². The first-order valence-electron chi connectivity index (χ1n) is 5.99. The molecule has 0 aromatic rings. The van der Waals surface area contributed by atoms with Crippen molar-refractivity contribution in [2.24, 2.45) is 5.73 Å². The molecular weight excluding hydrogens is 309 g/mol. The normalized spacial score (nSPS) is 30.8. The van der Waals surface area contributed by atoms with Crippen molar-refractivity contribution in [3.63, 3.8) is 0 Å². The molecule has 0 aromatic carbocycles. The van der Waals surface area contributed by atoms with Crippen LogP contribution in [0.2, 0.25) is 0 Å². The van der Waals surface area contributed by atoms with Gasteiger partial charge in [0, 0.05) is 13.0 Å². The van der Waals surface area contributed by atoms with Crippen LogP contribution in [-0.2, 0) is 13.9 Å². The summed E-state index contributed by atoms with van der Waals surface area (Å²) < 4.78 is 20.4. The number of urea groups is 1. The highest BCUT2D eigenvalue weighted by Crippen LogP contribution is 2.39. The van der Waals surface area contributed by atoms with Crippen molar-refractivity contribution in [3.8, 4) is 0 Å². The van der Waals surface area contributed by atoms with E-state index in [-0.39, 0.29) is 23.8 Å². The number of nitrogens with two attached hydrogens (primary N) is 1. The van der Waals surface area contributed by atoms with Crippen molar-refractivity contribution >= 4 is 13.9 Å². The van der Waals surface area contributed by atoms with Crippen LogP contribution in [0.15, 0.2) is 11.9 Å². The Morgan fingerprint density at radius 2 is 2.19 bits per heavy atom. The van der Waals surface area contributed by atoms with Crippen LogP contribution in [-0.4, -0.2) is 67.6 Å². The van der Waals surface area contributed by atoms with Gasteiger partial charge in [0.25, 0.3) is 0 Å². The topological polar surface area (TPSA) is 166 Å². The summed E-state index contributed by atoms with van der Waals surface area (Å²) in [5.41, 5.74) is 5.46. The van der Waals surface area contributed by atoms with Crippen molar-refractivity contribution in [2.75, 3.05) is 13.2 Å². The monoisotopic (exact) mass is 325 g/mol. The van der Waals surface area contributed by atoms with E-state index in [9.17, 15) is 14.5 Å². The Hall–Kier alpha value is -1.20. The van der Waals surface area contributed by atoms with E-state index in [2.05, 4.69) is 4.62 Å². The van der Waals surface area contributed by atoms with Crippen molar-refractivity contribution in [1.82, 2.24) is 9.96 Å². The van der Waals surface area contributed by atoms with Gasteiger partial charge in [0.05, 0.1) is 12.7 Å². The summed E-state index contributed by atoms with van der Waals surface area (Å²) in [5.74, 6) is -0.267. The SMILES string of the molecule is NC1=CCN([C@H]2C[C@H](O)[C@@H](CO)O2)C(=O)N1OP(=O)(O)O. The van der Waals surface area contributed by atoms with Crippen molar-refractivity contribution in [1.29, 1.82) is 0 Å². The van der Waals surface area contributed by atoms with E-state index >= 15 is 0 Å². The van der Waals surface area contributed by atoms with Gasteiger partial charge < -0.3 is 30.5 Å². The second-order valence-electron chi connectivity index (χ2n) is 4.55. The number of hydrogen-bond acceptors (Lipinski definition) is 7. The van der Waals surface area contributed by atoms with Crippen LogP contribution < -0.4 is 5.73 Å². The second-order valence-corrected chi connectivity index (χ2v) is 5.69. The number of carbonyl (C=O) groups is 1. The fraction of sp³-hybridized carbons (Fsp3) is 0.667. The molecule has 1 saturated heterocycles. The largest absolute Gasteiger partial charge is 0.491 e. The number of nitrogens with zero attached hydrogens (tertiary/aromatic N) is 2. The lowest BCUT2D eigenvalue weighted by molar-refractivity contribution is -0.0875. The second kappa shape index (κ2) is 5.89.